The van der Waals surface area contributed by atoms with Crippen LogP contribution in [0.25, 0.3) is 0 Å². The molecule has 0 spiro atoms. The van der Waals surface area contributed by atoms with E-state index in [1.165, 1.54) is 6.92 Å². The highest BCUT2D eigenvalue weighted by Crippen LogP contribution is 2.33. The molecule has 0 saturated carbocycles. The fourth-order valence-electron chi connectivity index (χ4n) is 4.33. The Hall–Kier alpha value is -3.46. The summed E-state index contributed by atoms with van der Waals surface area (Å²) in [4.78, 5) is 43.4. The quantitative estimate of drug-likeness (QED) is 0.558. The number of hydrogen-bond acceptors (Lipinski definition) is 6. The van der Waals surface area contributed by atoms with E-state index in [0.717, 1.165) is 18.5 Å². The molecular formula is C24H31N5O4. The topological polar surface area (TPSA) is 113 Å². The Morgan fingerprint density at radius 1 is 1.21 bits per heavy atom. The molecule has 176 valence electrons. The first-order valence-corrected chi connectivity index (χ1v) is 10.9. The molecule has 2 aromatic rings. The summed E-state index contributed by atoms with van der Waals surface area (Å²) in [5, 5.41) is 8.43. The number of ether oxygens (including phenoxy) is 1. The summed E-state index contributed by atoms with van der Waals surface area (Å²) in [6.45, 7) is 3.00. The maximum Gasteiger partial charge on any atom is 0.234 e. The Balaban J connectivity index is 1.67. The minimum absolute atomic E-state index is 0.0918. The van der Waals surface area contributed by atoms with Gasteiger partial charge in [0.15, 0.2) is 0 Å². The number of carbonyl (C=O) groups excluding carboxylic acids is 3. The number of nitrogens with zero attached hydrogens (tertiary/aromatic N) is 2. The lowest BCUT2D eigenvalue weighted by molar-refractivity contribution is -0.130. The zero-order chi connectivity index (χ0) is 23.8. The molecule has 9 heteroatoms. The van der Waals surface area contributed by atoms with Gasteiger partial charge in [0.25, 0.3) is 0 Å². The summed E-state index contributed by atoms with van der Waals surface area (Å²) < 4.78 is 5.38. The fourth-order valence-corrected chi connectivity index (χ4v) is 4.33. The molecule has 0 radical (unpaired) electrons. The van der Waals surface area contributed by atoms with Crippen LogP contribution in [0.4, 0.5) is 5.69 Å². The first-order valence-electron chi connectivity index (χ1n) is 10.9. The Labute approximate surface area is 193 Å². The van der Waals surface area contributed by atoms with Gasteiger partial charge < -0.3 is 20.7 Å². The van der Waals surface area contributed by atoms with Crippen molar-refractivity contribution in [3.8, 4) is 5.75 Å². The van der Waals surface area contributed by atoms with Crippen LogP contribution >= 0.6 is 0 Å². The monoisotopic (exact) mass is 453 g/mol. The first kappa shape index (κ1) is 24.2. The summed E-state index contributed by atoms with van der Waals surface area (Å²) in [5.74, 6) is 0.199. The Bertz CT molecular complexity index is 998. The summed E-state index contributed by atoms with van der Waals surface area (Å²) in [7, 11) is 3.18. The van der Waals surface area contributed by atoms with Gasteiger partial charge in [-0.15, -0.1) is 0 Å². The van der Waals surface area contributed by atoms with Gasteiger partial charge in [-0.3, -0.25) is 24.3 Å². The highest BCUT2D eigenvalue weighted by atomic mass is 16.5. The van der Waals surface area contributed by atoms with Crippen molar-refractivity contribution >= 4 is 23.4 Å². The van der Waals surface area contributed by atoms with Gasteiger partial charge in [-0.1, -0.05) is 6.07 Å². The number of nitrogens with one attached hydrogen (secondary N) is 3. The number of benzene rings is 1. The zero-order valence-corrected chi connectivity index (χ0v) is 19.3. The molecule has 1 atom stereocenters. The molecule has 2 heterocycles. The molecular weight excluding hydrogens is 422 g/mol. The summed E-state index contributed by atoms with van der Waals surface area (Å²) in [5.41, 5.74) is 1.32. The molecule has 3 rings (SSSR count). The smallest absolute Gasteiger partial charge is 0.234 e. The van der Waals surface area contributed by atoms with Crippen molar-refractivity contribution in [3.05, 3.63) is 53.9 Å². The highest BCUT2D eigenvalue weighted by Gasteiger charge is 2.44. The number of hydrogen-bond donors (Lipinski definition) is 3. The predicted molar refractivity (Wildman–Crippen MR) is 125 cm³/mol. The average Bonchev–Trinajstić information content (AvgIpc) is 2.82. The molecule has 0 unspecified atom stereocenters. The van der Waals surface area contributed by atoms with Crippen LogP contribution in [0.5, 0.6) is 5.75 Å². The van der Waals surface area contributed by atoms with Crippen molar-refractivity contribution in [2.45, 2.75) is 31.7 Å². The molecule has 0 bridgehead atoms. The van der Waals surface area contributed by atoms with Crippen molar-refractivity contribution in [2.24, 2.45) is 0 Å². The minimum Gasteiger partial charge on any atom is -0.496 e. The molecule has 1 aliphatic rings. The summed E-state index contributed by atoms with van der Waals surface area (Å²) in [6.07, 6.45) is 3.15. The second-order valence-electron chi connectivity index (χ2n) is 8.17. The molecule has 1 aromatic heterocycles. The molecule has 1 saturated heterocycles. The van der Waals surface area contributed by atoms with E-state index in [4.69, 9.17) is 4.74 Å². The van der Waals surface area contributed by atoms with Gasteiger partial charge in [-0.25, -0.2) is 0 Å². The number of likely N-dealkylation sites (N-methyl/N-ethyl adjacent to an activating group) is 1. The van der Waals surface area contributed by atoms with E-state index in [1.54, 1.807) is 38.6 Å². The number of methoxy groups -OCH3 is 1. The zero-order valence-electron chi connectivity index (χ0n) is 19.3. The molecule has 33 heavy (non-hydrogen) atoms. The van der Waals surface area contributed by atoms with Crippen molar-refractivity contribution in [3.63, 3.8) is 0 Å². The molecule has 1 fully saturated rings. The third-order valence-corrected chi connectivity index (χ3v) is 5.83. The van der Waals surface area contributed by atoms with Crippen LogP contribution in [0.3, 0.4) is 0 Å². The molecule has 9 nitrogen and oxygen atoms in total. The van der Waals surface area contributed by atoms with Crippen LogP contribution in [-0.2, 0) is 26.3 Å². The Morgan fingerprint density at radius 3 is 2.70 bits per heavy atom. The second-order valence-corrected chi connectivity index (χ2v) is 8.17. The number of pyridine rings is 1. The van der Waals surface area contributed by atoms with Crippen molar-refractivity contribution in [1.82, 2.24) is 20.5 Å². The van der Waals surface area contributed by atoms with E-state index in [-0.39, 0.29) is 30.8 Å². The van der Waals surface area contributed by atoms with Crippen LogP contribution in [0.1, 0.15) is 31.0 Å². The normalized spacial score (nSPS) is 18.3. The van der Waals surface area contributed by atoms with Crippen LogP contribution in [0.15, 0.2) is 42.6 Å². The SMILES string of the molecule is CNC(=O)[C@]1(c2ccccn2)CCCN(CC(=O)NCc2cc(NC(C)=O)ccc2OC)C1. The molecule has 3 N–H and O–H groups in total. The second kappa shape index (κ2) is 10.9. The van der Waals surface area contributed by atoms with Gasteiger partial charge in [0.2, 0.25) is 17.7 Å². The molecule has 0 aliphatic carbocycles. The number of rotatable bonds is 8. The molecule has 1 aromatic carbocycles. The maximum absolute atomic E-state index is 12.9. The van der Waals surface area contributed by atoms with E-state index in [9.17, 15) is 14.4 Å². The number of aromatic nitrogens is 1. The standard InChI is InChI=1S/C24H31N5O4/c1-17(30)28-19-8-9-20(33-3)18(13-19)14-27-22(31)15-29-12-6-10-24(16-29,23(32)25-2)21-7-4-5-11-26-21/h4-5,7-9,11,13H,6,10,12,14-16H2,1-3H3,(H,25,32)(H,27,31)(H,28,30)/t24-/m1/s1. The van der Waals surface area contributed by atoms with Gasteiger partial charge in [0.1, 0.15) is 11.2 Å². The van der Waals surface area contributed by atoms with E-state index in [1.807, 2.05) is 23.1 Å². The van der Waals surface area contributed by atoms with Crippen LogP contribution < -0.4 is 20.7 Å². The largest absolute Gasteiger partial charge is 0.496 e. The van der Waals surface area contributed by atoms with Crippen LogP contribution in [0.2, 0.25) is 0 Å². The van der Waals surface area contributed by atoms with Gasteiger partial charge in [0, 0.05) is 44.5 Å². The van der Waals surface area contributed by atoms with Gasteiger partial charge in [-0.05, 0) is 49.7 Å². The van der Waals surface area contributed by atoms with Gasteiger partial charge in [-0.2, -0.15) is 0 Å². The lowest BCUT2D eigenvalue weighted by Crippen LogP contribution is -2.56. The Kier molecular flexibility index (Phi) is 8.00. The predicted octanol–water partition coefficient (Wildman–Crippen LogP) is 1.44. The number of piperidine rings is 1. The van der Waals surface area contributed by atoms with Crippen molar-refractivity contribution in [1.29, 1.82) is 0 Å². The van der Waals surface area contributed by atoms with Crippen LogP contribution in [0, 0.1) is 0 Å². The van der Waals surface area contributed by atoms with E-state index >= 15 is 0 Å². The van der Waals surface area contributed by atoms with E-state index < -0.39 is 5.41 Å². The average molecular weight is 454 g/mol. The number of likely N-dealkylation sites (tertiary alicyclic amines) is 1. The Morgan fingerprint density at radius 2 is 2.03 bits per heavy atom. The highest BCUT2D eigenvalue weighted by molar-refractivity contribution is 5.89. The van der Waals surface area contributed by atoms with E-state index in [2.05, 4.69) is 20.9 Å². The van der Waals surface area contributed by atoms with Crippen molar-refractivity contribution < 1.29 is 19.1 Å². The van der Waals surface area contributed by atoms with E-state index in [0.29, 0.717) is 30.1 Å². The lowest BCUT2D eigenvalue weighted by Gasteiger charge is -2.40. The third kappa shape index (κ3) is 5.87. The molecule has 3 amide bonds. The maximum atomic E-state index is 12.9. The molecule has 1 aliphatic heterocycles. The van der Waals surface area contributed by atoms with Gasteiger partial charge in [0.05, 0.1) is 19.3 Å². The van der Waals surface area contributed by atoms with Gasteiger partial charge >= 0.3 is 0 Å². The lowest BCUT2D eigenvalue weighted by atomic mass is 9.75. The summed E-state index contributed by atoms with van der Waals surface area (Å²) >= 11 is 0. The number of anilines is 1. The first-order chi connectivity index (χ1) is 15.9. The third-order valence-electron chi connectivity index (χ3n) is 5.83. The minimum atomic E-state index is -0.787. The number of carbonyl (C=O) groups is 3. The number of amides is 3. The summed E-state index contributed by atoms with van der Waals surface area (Å²) in [6, 6.07) is 10.8. The fraction of sp³-hybridized carbons (Fsp3) is 0.417. The van der Waals surface area contributed by atoms with Crippen molar-refractivity contribution in [2.75, 3.05) is 39.1 Å². The van der Waals surface area contributed by atoms with Crippen LogP contribution in [-0.4, -0.2) is 61.4 Å².